The molecule has 0 saturated heterocycles. The Kier molecular flexibility index (Phi) is 3.67. The first-order valence-corrected chi connectivity index (χ1v) is 7.86. The first-order chi connectivity index (χ1) is 9.99. The second kappa shape index (κ2) is 5.35. The summed E-state index contributed by atoms with van der Waals surface area (Å²) < 4.78 is 0.662. The first kappa shape index (κ1) is 14.4. The number of ketones is 1. The fraction of sp³-hybridized carbons (Fsp3) is 0.133. The van der Waals surface area contributed by atoms with Crippen molar-refractivity contribution in [2.75, 3.05) is 5.32 Å². The van der Waals surface area contributed by atoms with Crippen molar-refractivity contribution in [2.24, 2.45) is 0 Å². The van der Waals surface area contributed by atoms with Crippen LogP contribution in [0.2, 0.25) is 0 Å². The van der Waals surface area contributed by atoms with E-state index in [0.29, 0.717) is 15.6 Å². The number of hydrogen-bond acceptors (Lipinski definition) is 4. The number of rotatable bonds is 1. The first-order valence-electron chi connectivity index (χ1n) is 6.27. The largest absolute Gasteiger partial charge is 0.506 e. The van der Waals surface area contributed by atoms with Gasteiger partial charge in [0.05, 0.1) is 10.5 Å². The Morgan fingerprint density at radius 1 is 1.14 bits per heavy atom. The quantitative estimate of drug-likeness (QED) is 0.650. The summed E-state index contributed by atoms with van der Waals surface area (Å²) >= 11 is 6.39. The van der Waals surface area contributed by atoms with E-state index in [1.807, 2.05) is 18.2 Å². The van der Waals surface area contributed by atoms with Crippen LogP contribution < -0.4 is 5.32 Å². The molecule has 1 aliphatic rings. The predicted octanol–water partition coefficient (Wildman–Crippen LogP) is 4.36. The van der Waals surface area contributed by atoms with Crippen molar-refractivity contribution in [3.63, 3.8) is 0 Å². The van der Waals surface area contributed by atoms with Crippen LogP contribution in [0, 0.1) is 0 Å². The number of benzene rings is 2. The highest BCUT2D eigenvalue weighted by atomic mass is 79.9. The van der Waals surface area contributed by atoms with Crippen LogP contribution in [-0.4, -0.2) is 16.0 Å². The van der Waals surface area contributed by atoms with E-state index < -0.39 is 0 Å². The van der Waals surface area contributed by atoms with Crippen molar-refractivity contribution < 1.29 is 15.0 Å². The van der Waals surface area contributed by atoms with Crippen LogP contribution in [0.1, 0.15) is 28.4 Å². The van der Waals surface area contributed by atoms with E-state index in [2.05, 4.69) is 37.2 Å². The van der Waals surface area contributed by atoms with Crippen molar-refractivity contribution in [2.45, 2.75) is 12.5 Å². The Morgan fingerprint density at radius 2 is 1.86 bits per heavy atom. The Labute approximate surface area is 138 Å². The minimum atomic E-state index is -0.347. The molecular weight excluding hydrogens is 402 g/mol. The Hall–Kier alpha value is -1.53. The Bertz CT molecular complexity index is 746. The molecule has 0 saturated carbocycles. The smallest absolute Gasteiger partial charge is 0.167 e. The fourth-order valence-electron chi connectivity index (χ4n) is 2.46. The summed E-state index contributed by atoms with van der Waals surface area (Å²) in [4.78, 5) is 12.2. The van der Waals surface area contributed by atoms with Gasteiger partial charge in [0, 0.05) is 23.2 Å². The highest BCUT2D eigenvalue weighted by molar-refractivity contribution is 9.11. The van der Waals surface area contributed by atoms with E-state index in [4.69, 9.17) is 0 Å². The standard InChI is InChI=1S/C15H11Br2NO3/c16-9-5-8(14(20)13(17)15(9)21)11-6-12(19)7-3-1-2-4-10(7)18-11/h1-5,11,18,20-21H,6H2. The van der Waals surface area contributed by atoms with Crippen molar-refractivity contribution in [3.05, 3.63) is 50.4 Å². The average molecular weight is 413 g/mol. The van der Waals surface area contributed by atoms with Crippen LogP contribution in [0.3, 0.4) is 0 Å². The summed E-state index contributed by atoms with van der Waals surface area (Å²) in [5.41, 5.74) is 1.96. The number of aromatic hydroxyl groups is 2. The number of para-hydroxylation sites is 1. The number of Topliss-reactive ketones (excluding diaryl/α,β-unsaturated/α-hetero) is 1. The lowest BCUT2D eigenvalue weighted by Gasteiger charge is -2.27. The van der Waals surface area contributed by atoms with Crippen LogP contribution in [0.25, 0.3) is 0 Å². The molecule has 0 bridgehead atoms. The summed E-state index contributed by atoms with van der Waals surface area (Å²) in [7, 11) is 0. The van der Waals surface area contributed by atoms with E-state index in [-0.39, 0.29) is 34.2 Å². The van der Waals surface area contributed by atoms with Gasteiger partial charge in [-0.05, 0) is 50.1 Å². The highest BCUT2D eigenvalue weighted by Crippen LogP contribution is 2.45. The zero-order valence-corrected chi connectivity index (χ0v) is 13.9. The van der Waals surface area contributed by atoms with Gasteiger partial charge in [-0.1, -0.05) is 12.1 Å². The van der Waals surface area contributed by atoms with E-state index in [1.54, 1.807) is 12.1 Å². The molecule has 3 N–H and O–H groups in total. The second-order valence-corrected chi connectivity index (χ2v) is 6.48. The Balaban J connectivity index is 2.06. The molecule has 2 aromatic rings. The summed E-state index contributed by atoms with van der Waals surface area (Å²) in [6.07, 6.45) is 0.244. The van der Waals surface area contributed by atoms with Gasteiger partial charge in [-0.25, -0.2) is 0 Å². The van der Waals surface area contributed by atoms with Gasteiger partial charge in [0.1, 0.15) is 16.0 Å². The molecule has 0 amide bonds. The molecule has 0 spiro atoms. The molecule has 0 aromatic heterocycles. The Morgan fingerprint density at radius 3 is 2.62 bits per heavy atom. The number of carbonyl (C=O) groups is 1. The molecule has 0 fully saturated rings. The molecule has 1 atom stereocenters. The third kappa shape index (κ3) is 2.42. The van der Waals surface area contributed by atoms with Gasteiger partial charge in [0.2, 0.25) is 0 Å². The molecule has 0 aliphatic carbocycles. The third-order valence-corrected chi connectivity index (χ3v) is 4.88. The number of phenolic OH excluding ortho intramolecular Hbond substituents is 2. The van der Waals surface area contributed by atoms with Crippen LogP contribution >= 0.6 is 31.9 Å². The zero-order chi connectivity index (χ0) is 15.1. The van der Waals surface area contributed by atoms with E-state index in [9.17, 15) is 15.0 Å². The number of fused-ring (bicyclic) bond motifs is 1. The molecule has 6 heteroatoms. The number of hydrogen-bond donors (Lipinski definition) is 3. The van der Waals surface area contributed by atoms with Gasteiger partial charge in [-0.2, -0.15) is 0 Å². The molecule has 4 nitrogen and oxygen atoms in total. The molecule has 3 rings (SSSR count). The minimum Gasteiger partial charge on any atom is -0.506 e. The normalized spacial score (nSPS) is 17.2. The molecular formula is C15H11Br2NO3. The lowest BCUT2D eigenvalue weighted by atomic mass is 9.92. The van der Waals surface area contributed by atoms with Gasteiger partial charge in [0.25, 0.3) is 0 Å². The summed E-state index contributed by atoms with van der Waals surface area (Å²) in [5.74, 6) is -0.117. The van der Waals surface area contributed by atoms with Crippen molar-refractivity contribution in [3.8, 4) is 11.5 Å². The monoisotopic (exact) mass is 411 g/mol. The number of anilines is 1. The van der Waals surface area contributed by atoms with Crippen LogP contribution in [-0.2, 0) is 0 Å². The number of nitrogens with one attached hydrogen (secondary N) is 1. The molecule has 1 aliphatic heterocycles. The van der Waals surface area contributed by atoms with Crippen molar-refractivity contribution in [1.29, 1.82) is 0 Å². The zero-order valence-electron chi connectivity index (χ0n) is 10.7. The summed E-state index contributed by atoms with van der Waals surface area (Å²) in [5, 5.41) is 23.2. The highest BCUT2D eigenvalue weighted by Gasteiger charge is 2.28. The van der Waals surface area contributed by atoms with Gasteiger partial charge in [-0.15, -0.1) is 0 Å². The average Bonchev–Trinajstić information content (AvgIpc) is 2.49. The lowest BCUT2D eigenvalue weighted by Crippen LogP contribution is -2.22. The molecule has 2 aromatic carbocycles. The third-order valence-electron chi connectivity index (χ3n) is 3.52. The molecule has 108 valence electrons. The van der Waals surface area contributed by atoms with Crippen LogP contribution in [0.15, 0.2) is 39.3 Å². The van der Waals surface area contributed by atoms with Gasteiger partial charge in [0.15, 0.2) is 5.78 Å². The molecule has 0 radical (unpaired) electrons. The van der Waals surface area contributed by atoms with Crippen molar-refractivity contribution in [1.82, 2.24) is 0 Å². The topological polar surface area (TPSA) is 69.6 Å². The van der Waals surface area contributed by atoms with Crippen LogP contribution in [0.4, 0.5) is 5.69 Å². The van der Waals surface area contributed by atoms with Gasteiger partial charge < -0.3 is 15.5 Å². The van der Waals surface area contributed by atoms with Crippen molar-refractivity contribution >= 4 is 43.3 Å². The van der Waals surface area contributed by atoms with E-state index in [0.717, 1.165) is 5.69 Å². The number of phenols is 2. The maximum atomic E-state index is 12.2. The molecule has 1 heterocycles. The number of halogens is 2. The number of carbonyl (C=O) groups excluding carboxylic acids is 1. The lowest BCUT2D eigenvalue weighted by molar-refractivity contribution is 0.0972. The minimum absolute atomic E-state index is 0.0223. The van der Waals surface area contributed by atoms with Gasteiger partial charge >= 0.3 is 0 Å². The maximum absolute atomic E-state index is 12.2. The fourth-order valence-corrected chi connectivity index (χ4v) is 3.61. The summed E-state index contributed by atoms with van der Waals surface area (Å²) in [6.45, 7) is 0. The predicted molar refractivity (Wildman–Crippen MR) is 86.9 cm³/mol. The van der Waals surface area contributed by atoms with E-state index >= 15 is 0 Å². The van der Waals surface area contributed by atoms with Gasteiger partial charge in [-0.3, -0.25) is 4.79 Å². The van der Waals surface area contributed by atoms with E-state index in [1.165, 1.54) is 0 Å². The van der Waals surface area contributed by atoms with Crippen LogP contribution in [0.5, 0.6) is 11.5 Å². The maximum Gasteiger partial charge on any atom is 0.167 e. The molecule has 21 heavy (non-hydrogen) atoms. The summed E-state index contributed by atoms with van der Waals surface area (Å²) in [6, 6.07) is 8.56. The second-order valence-electron chi connectivity index (χ2n) is 4.83. The SMILES string of the molecule is O=C1CC(c2cc(Br)c(O)c(Br)c2O)Nc2ccccc21. The molecule has 1 unspecified atom stereocenters.